The Morgan fingerprint density at radius 3 is 2.85 bits per heavy atom. The van der Waals surface area contributed by atoms with Crippen molar-refractivity contribution in [2.24, 2.45) is 0 Å². The van der Waals surface area contributed by atoms with Gasteiger partial charge in [0.25, 0.3) is 5.91 Å². The maximum atomic E-state index is 12.5. The third kappa shape index (κ3) is 5.16. The standard InChI is InChI=1S/C17H21Cl2N3O3.ClH/c18-12-3-4-15(14(19)8-12)25-11-17(24)21-6-1-2-13(10-21)22-7-5-20-9-16(22)23;/h3-4,8,13,20H,1-2,5-7,9-11H2;1H. The molecule has 1 unspecified atom stereocenters. The van der Waals surface area contributed by atoms with Gasteiger partial charge in [-0.05, 0) is 31.0 Å². The highest BCUT2D eigenvalue weighted by Crippen LogP contribution is 2.27. The highest BCUT2D eigenvalue weighted by Gasteiger charge is 2.31. The van der Waals surface area contributed by atoms with Gasteiger partial charge in [0.2, 0.25) is 5.91 Å². The van der Waals surface area contributed by atoms with Gasteiger partial charge in [0.15, 0.2) is 6.61 Å². The lowest BCUT2D eigenvalue weighted by atomic mass is 10.0. The lowest BCUT2D eigenvalue weighted by Crippen LogP contribution is -2.57. The minimum atomic E-state index is -0.0988. The first kappa shape index (κ1) is 21.1. The molecule has 1 atom stereocenters. The molecule has 0 saturated carbocycles. The normalized spacial score (nSPS) is 20.5. The van der Waals surface area contributed by atoms with Gasteiger partial charge in [-0.1, -0.05) is 23.2 Å². The number of nitrogens with zero attached hydrogens (tertiary/aromatic N) is 2. The summed E-state index contributed by atoms with van der Waals surface area (Å²) in [6.45, 7) is 3.04. The van der Waals surface area contributed by atoms with Crippen LogP contribution >= 0.6 is 35.6 Å². The number of hydrogen-bond donors (Lipinski definition) is 1. The molecule has 2 saturated heterocycles. The highest BCUT2D eigenvalue weighted by molar-refractivity contribution is 6.35. The van der Waals surface area contributed by atoms with Crippen molar-refractivity contribution in [2.45, 2.75) is 18.9 Å². The minimum absolute atomic E-state index is 0. The fourth-order valence-electron chi connectivity index (χ4n) is 3.27. The number of halogens is 3. The van der Waals surface area contributed by atoms with Gasteiger partial charge in [-0.15, -0.1) is 12.4 Å². The maximum absolute atomic E-state index is 12.5. The van der Waals surface area contributed by atoms with E-state index >= 15 is 0 Å². The molecule has 6 nitrogen and oxygen atoms in total. The van der Waals surface area contributed by atoms with E-state index in [0.29, 0.717) is 42.0 Å². The summed E-state index contributed by atoms with van der Waals surface area (Å²) >= 11 is 11.9. The first-order valence-electron chi connectivity index (χ1n) is 8.40. The van der Waals surface area contributed by atoms with Crippen molar-refractivity contribution in [3.8, 4) is 5.75 Å². The van der Waals surface area contributed by atoms with Crippen molar-refractivity contribution < 1.29 is 14.3 Å². The van der Waals surface area contributed by atoms with Crippen LogP contribution in [0.25, 0.3) is 0 Å². The van der Waals surface area contributed by atoms with Crippen molar-refractivity contribution in [2.75, 3.05) is 39.3 Å². The molecule has 2 aliphatic heterocycles. The van der Waals surface area contributed by atoms with E-state index in [0.717, 1.165) is 19.4 Å². The van der Waals surface area contributed by atoms with Crippen molar-refractivity contribution in [3.05, 3.63) is 28.2 Å². The Balaban J connectivity index is 0.00000243. The molecule has 2 aliphatic rings. The molecule has 1 N–H and O–H groups in total. The van der Waals surface area contributed by atoms with Gasteiger partial charge in [-0.3, -0.25) is 9.59 Å². The van der Waals surface area contributed by atoms with E-state index in [2.05, 4.69) is 5.32 Å². The minimum Gasteiger partial charge on any atom is -0.482 e. The molecule has 0 aromatic heterocycles. The van der Waals surface area contributed by atoms with Crippen LogP contribution in [-0.2, 0) is 9.59 Å². The van der Waals surface area contributed by atoms with Gasteiger partial charge in [-0.2, -0.15) is 0 Å². The van der Waals surface area contributed by atoms with Crippen LogP contribution in [0, 0.1) is 0 Å². The first-order chi connectivity index (χ1) is 12.0. The molecule has 0 radical (unpaired) electrons. The summed E-state index contributed by atoms with van der Waals surface area (Å²) < 4.78 is 5.54. The van der Waals surface area contributed by atoms with Crippen molar-refractivity contribution >= 4 is 47.4 Å². The predicted molar refractivity (Wildman–Crippen MR) is 103 cm³/mol. The van der Waals surface area contributed by atoms with Gasteiger partial charge in [0.05, 0.1) is 11.6 Å². The Morgan fingerprint density at radius 1 is 1.31 bits per heavy atom. The summed E-state index contributed by atoms with van der Waals surface area (Å²) in [5.74, 6) is 0.443. The third-order valence-corrected chi connectivity index (χ3v) is 5.09. The van der Waals surface area contributed by atoms with Crippen LogP contribution in [0.5, 0.6) is 5.75 Å². The zero-order valence-electron chi connectivity index (χ0n) is 14.2. The van der Waals surface area contributed by atoms with E-state index in [1.807, 2.05) is 4.90 Å². The van der Waals surface area contributed by atoms with Crippen LogP contribution in [-0.4, -0.2) is 67.0 Å². The molecule has 144 valence electrons. The summed E-state index contributed by atoms with van der Waals surface area (Å²) in [5, 5.41) is 3.97. The summed E-state index contributed by atoms with van der Waals surface area (Å²) in [7, 11) is 0. The number of carbonyl (C=O) groups excluding carboxylic acids is 2. The number of piperazine rings is 1. The number of rotatable bonds is 4. The van der Waals surface area contributed by atoms with E-state index in [1.54, 1.807) is 23.1 Å². The van der Waals surface area contributed by atoms with E-state index in [1.165, 1.54) is 0 Å². The van der Waals surface area contributed by atoms with E-state index in [9.17, 15) is 9.59 Å². The number of likely N-dealkylation sites (tertiary alicyclic amines) is 1. The number of amides is 2. The average Bonchev–Trinajstić information content (AvgIpc) is 2.61. The number of nitrogens with one attached hydrogen (secondary N) is 1. The van der Waals surface area contributed by atoms with Crippen LogP contribution in [0.2, 0.25) is 10.0 Å². The van der Waals surface area contributed by atoms with Crippen molar-refractivity contribution in [3.63, 3.8) is 0 Å². The molecule has 26 heavy (non-hydrogen) atoms. The van der Waals surface area contributed by atoms with Crippen LogP contribution in [0.1, 0.15) is 12.8 Å². The molecule has 0 aliphatic carbocycles. The lowest BCUT2D eigenvalue weighted by molar-refractivity contribution is -0.141. The van der Waals surface area contributed by atoms with E-state index in [-0.39, 0.29) is 36.9 Å². The van der Waals surface area contributed by atoms with Crippen LogP contribution in [0.15, 0.2) is 18.2 Å². The Morgan fingerprint density at radius 2 is 2.12 bits per heavy atom. The quantitative estimate of drug-likeness (QED) is 0.808. The third-order valence-electron chi connectivity index (χ3n) is 4.56. The van der Waals surface area contributed by atoms with Gasteiger partial charge in [-0.25, -0.2) is 0 Å². The van der Waals surface area contributed by atoms with Crippen LogP contribution in [0.3, 0.4) is 0 Å². The number of hydrogen-bond acceptors (Lipinski definition) is 4. The van der Waals surface area contributed by atoms with Gasteiger partial charge in [0.1, 0.15) is 5.75 Å². The molecular weight excluding hydrogens is 401 g/mol. The SMILES string of the molecule is Cl.O=C(COc1ccc(Cl)cc1Cl)N1CCCC(N2CCNCC2=O)C1. The average molecular weight is 423 g/mol. The Hall–Kier alpha value is -1.21. The van der Waals surface area contributed by atoms with Gasteiger partial charge >= 0.3 is 0 Å². The van der Waals surface area contributed by atoms with Crippen LogP contribution in [0.4, 0.5) is 0 Å². The Bertz CT molecular complexity index is 659. The van der Waals surface area contributed by atoms with Crippen LogP contribution < -0.4 is 10.1 Å². The van der Waals surface area contributed by atoms with E-state index in [4.69, 9.17) is 27.9 Å². The molecule has 3 rings (SSSR count). The molecule has 2 amide bonds. The van der Waals surface area contributed by atoms with Crippen molar-refractivity contribution in [1.29, 1.82) is 0 Å². The largest absolute Gasteiger partial charge is 0.482 e. The number of piperidine rings is 1. The molecule has 0 spiro atoms. The summed E-state index contributed by atoms with van der Waals surface area (Å²) in [6.07, 6.45) is 1.81. The first-order valence-corrected chi connectivity index (χ1v) is 9.16. The molecule has 2 heterocycles. The molecule has 1 aromatic carbocycles. The second-order valence-electron chi connectivity index (χ2n) is 6.26. The number of benzene rings is 1. The zero-order valence-corrected chi connectivity index (χ0v) is 16.6. The second kappa shape index (κ2) is 9.65. The maximum Gasteiger partial charge on any atom is 0.260 e. The molecule has 2 fully saturated rings. The topological polar surface area (TPSA) is 61.9 Å². The molecule has 0 bridgehead atoms. The fraction of sp³-hybridized carbons (Fsp3) is 0.529. The number of ether oxygens (including phenoxy) is 1. The Labute approximate surface area is 169 Å². The van der Waals surface area contributed by atoms with Gasteiger partial charge in [0, 0.05) is 37.2 Å². The van der Waals surface area contributed by atoms with Gasteiger partial charge < -0.3 is 19.9 Å². The number of carbonyl (C=O) groups is 2. The predicted octanol–water partition coefficient (Wildman–Crippen LogP) is 2.22. The highest BCUT2D eigenvalue weighted by atomic mass is 35.5. The summed E-state index contributed by atoms with van der Waals surface area (Å²) in [6, 6.07) is 4.98. The second-order valence-corrected chi connectivity index (χ2v) is 7.11. The zero-order chi connectivity index (χ0) is 17.8. The van der Waals surface area contributed by atoms with E-state index < -0.39 is 0 Å². The molecule has 1 aromatic rings. The van der Waals surface area contributed by atoms with Crippen molar-refractivity contribution in [1.82, 2.24) is 15.1 Å². The summed E-state index contributed by atoms with van der Waals surface area (Å²) in [4.78, 5) is 28.2. The summed E-state index contributed by atoms with van der Waals surface area (Å²) in [5.41, 5.74) is 0. The lowest BCUT2D eigenvalue weighted by Gasteiger charge is -2.41. The molecule has 9 heteroatoms. The fourth-order valence-corrected chi connectivity index (χ4v) is 3.73. The monoisotopic (exact) mass is 421 g/mol. The molecular formula is C17H22Cl3N3O3. The smallest absolute Gasteiger partial charge is 0.260 e. The Kier molecular flexibility index (Phi) is 7.83.